The number of aryl methyl sites for hydroxylation is 1. The number of hydrogen-bond acceptors (Lipinski definition) is 5. The Balaban J connectivity index is 1.90. The molecule has 0 saturated carbocycles. The third-order valence-electron chi connectivity index (χ3n) is 2.42. The van der Waals surface area contributed by atoms with Crippen LogP contribution >= 0.6 is 0 Å². The molecule has 0 bridgehead atoms. The molecule has 5 nitrogen and oxygen atoms in total. The molecule has 3 N–H and O–H groups in total. The summed E-state index contributed by atoms with van der Waals surface area (Å²) < 4.78 is 17.8. The smallest absolute Gasteiger partial charge is 0.316 e. The van der Waals surface area contributed by atoms with Crippen molar-refractivity contribution in [2.75, 3.05) is 17.6 Å². The molecule has 0 aliphatic heterocycles. The first kappa shape index (κ1) is 11.4. The molecule has 0 amide bonds. The zero-order valence-electron chi connectivity index (χ0n) is 9.40. The van der Waals surface area contributed by atoms with Crippen molar-refractivity contribution in [3.05, 3.63) is 35.1 Å². The Bertz CT molecular complexity index is 512. The number of halogens is 1. The molecule has 90 valence electrons. The Kier molecular flexibility index (Phi) is 3.22. The lowest BCUT2D eigenvalue weighted by molar-refractivity contribution is 0.586. The molecule has 6 heteroatoms. The van der Waals surface area contributed by atoms with Gasteiger partial charge in [-0.05, 0) is 36.6 Å². The van der Waals surface area contributed by atoms with Gasteiger partial charge in [-0.1, -0.05) is 16.3 Å². The quantitative estimate of drug-likeness (QED) is 0.845. The lowest BCUT2D eigenvalue weighted by Crippen LogP contribution is -2.06. The molecular formula is C11H13FN4O. The number of nitrogens with zero attached hydrogens (tertiary/aromatic N) is 2. The Morgan fingerprint density at radius 3 is 2.88 bits per heavy atom. The van der Waals surface area contributed by atoms with Gasteiger partial charge in [0, 0.05) is 6.54 Å². The second-order valence-electron chi connectivity index (χ2n) is 3.69. The second kappa shape index (κ2) is 4.82. The summed E-state index contributed by atoms with van der Waals surface area (Å²) in [6, 6.07) is 5.06. The molecule has 0 saturated heterocycles. The minimum absolute atomic E-state index is 0.0328. The Labute approximate surface area is 97.8 Å². The molecule has 0 spiro atoms. The van der Waals surface area contributed by atoms with Crippen LogP contribution in [0.4, 0.5) is 16.4 Å². The van der Waals surface area contributed by atoms with Crippen LogP contribution in [-0.2, 0) is 6.42 Å². The predicted octanol–water partition coefficient (Wildman–Crippen LogP) is 1.75. The van der Waals surface area contributed by atoms with E-state index in [1.807, 2.05) is 6.92 Å². The van der Waals surface area contributed by atoms with E-state index in [0.29, 0.717) is 12.6 Å². The van der Waals surface area contributed by atoms with Crippen molar-refractivity contribution in [2.45, 2.75) is 13.3 Å². The van der Waals surface area contributed by atoms with Gasteiger partial charge in [-0.25, -0.2) is 4.39 Å². The number of hydrogen-bond donors (Lipinski definition) is 2. The lowest BCUT2D eigenvalue weighted by atomic mass is 10.1. The topological polar surface area (TPSA) is 77.0 Å². The number of nitrogen functional groups attached to an aromatic ring is 1. The third-order valence-corrected chi connectivity index (χ3v) is 2.42. The summed E-state index contributed by atoms with van der Waals surface area (Å²) in [4.78, 5) is 0. The maximum atomic E-state index is 12.9. The first-order chi connectivity index (χ1) is 8.15. The highest BCUT2D eigenvalue weighted by Crippen LogP contribution is 2.11. The van der Waals surface area contributed by atoms with Gasteiger partial charge in [-0.15, -0.1) is 0 Å². The molecule has 0 aliphatic carbocycles. The molecule has 0 fully saturated rings. The van der Waals surface area contributed by atoms with Crippen LogP contribution in [0.25, 0.3) is 0 Å². The van der Waals surface area contributed by atoms with E-state index in [4.69, 9.17) is 10.2 Å². The van der Waals surface area contributed by atoms with Gasteiger partial charge in [0.2, 0.25) is 0 Å². The first-order valence-corrected chi connectivity index (χ1v) is 5.23. The lowest BCUT2D eigenvalue weighted by Gasteiger charge is -2.05. The average Bonchev–Trinajstić information content (AvgIpc) is 2.68. The van der Waals surface area contributed by atoms with Crippen molar-refractivity contribution in [1.29, 1.82) is 0 Å². The fraction of sp³-hybridized carbons (Fsp3) is 0.273. The highest BCUT2D eigenvalue weighted by Gasteiger charge is 2.03. The van der Waals surface area contributed by atoms with Gasteiger partial charge in [0.25, 0.3) is 0 Å². The fourth-order valence-electron chi connectivity index (χ4n) is 1.55. The first-order valence-electron chi connectivity index (χ1n) is 5.23. The number of aromatic nitrogens is 2. The molecule has 0 atom stereocenters. The van der Waals surface area contributed by atoms with Crippen LogP contribution in [0, 0.1) is 12.7 Å². The van der Waals surface area contributed by atoms with E-state index in [-0.39, 0.29) is 11.8 Å². The molecule has 0 radical (unpaired) electrons. The molecule has 0 aliphatic rings. The van der Waals surface area contributed by atoms with Crippen LogP contribution in [0.1, 0.15) is 11.1 Å². The van der Waals surface area contributed by atoms with Crippen molar-refractivity contribution < 1.29 is 8.81 Å². The summed E-state index contributed by atoms with van der Waals surface area (Å²) >= 11 is 0. The molecular weight excluding hydrogens is 223 g/mol. The number of anilines is 2. The van der Waals surface area contributed by atoms with Gasteiger partial charge in [-0.2, -0.15) is 0 Å². The molecule has 2 rings (SSSR count). The second-order valence-corrected chi connectivity index (χ2v) is 3.69. The van der Waals surface area contributed by atoms with Crippen molar-refractivity contribution >= 4 is 12.0 Å². The van der Waals surface area contributed by atoms with Crippen LogP contribution < -0.4 is 11.1 Å². The normalized spacial score (nSPS) is 10.5. The van der Waals surface area contributed by atoms with Gasteiger partial charge in [-0.3, -0.25) is 0 Å². The predicted molar refractivity (Wildman–Crippen MR) is 62.0 cm³/mol. The minimum atomic E-state index is -0.219. The van der Waals surface area contributed by atoms with Gasteiger partial charge < -0.3 is 15.5 Å². The number of benzene rings is 1. The summed E-state index contributed by atoms with van der Waals surface area (Å²) in [5, 5.41) is 10.1. The molecule has 1 aromatic carbocycles. The zero-order valence-corrected chi connectivity index (χ0v) is 9.40. The molecule has 0 unspecified atom stereocenters. The van der Waals surface area contributed by atoms with E-state index in [1.54, 1.807) is 6.07 Å². The van der Waals surface area contributed by atoms with Crippen molar-refractivity contribution in [3.8, 4) is 0 Å². The maximum Gasteiger partial charge on any atom is 0.316 e. The number of rotatable bonds is 4. The molecule has 1 aromatic heterocycles. The van der Waals surface area contributed by atoms with E-state index in [2.05, 4.69) is 15.5 Å². The van der Waals surface area contributed by atoms with E-state index in [0.717, 1.165) is 17.5 Å². The van der Waals surface area contributed by atoms with E-state index in [1.165, 1.54) is 12.1 Å². The largest absolute Gasteiger partial charge is 0.390 e. The number of nitrogens with two attached hydrogens (primary N) is 1. The minimum Gasteiger partial charge on any atom is -0.390 e. The summed E-state index contributed by atoms with van der Waals surface area (Å²) in [5.41, 5.74) is 7.28. The monoisotopic (exact) mass is 236 g/mol. The summed E-state index contributed by atoms with van der Waals surface area (Å²) in [6.45, 7) is 2.50. The standard InChI is InChI=1S/C11H13FN4O/c1-7-6-9(12)3-2-8(7)4-5-14-11-16-15-10(13)17-11/h2-3,6H,4-5H2,1H3,(H2,13,15)(H,14,16). The van der Waals surface area contributed by atoms with Gasteiger partial charge in [0.15, 0.2) is 0 Å². The summed E-state index contributed by atoms with van der Waals surface area (Å²) in [5.74, 6) is -0.219. The van der Waals surface area contributed by atoms with Crippen molar-refractivity contribution in [1.82, 2.24) is 10.2 Å². The Morgan fingerprint density at radius 2 is 2.24 bits per heavy atom. The Morgan fingerprint density at radius 1 is 1.41 bits per heavy atom. The van der Waals surface area contributed by atoms with Gasteiger partial charge in [0.1, 0.15) is 5.82 Å². The van der Waals surface area contributed by atoms with E-state index >= 15 is 0 Å². The van der Waals surface area contributed by atoms with Gasteiger partial charge in [0.05, 0.1) is 0 Å². The molecule has 1 heterocycles. The van der Waals surface area contributed by atoms with Crippen molar-refractivity contribution in [3.63, 3.8) is 0 Å². The highest BCUT2D eigenvalue weighted by atomic mass is 19.1. The number of nitrogens with one attached hydrogen (secondary N) is 1. The Hall–Kier alpha value is -2.11. The maximum absolute atomic E-state index is 12.9. The van der Waals surface area contributed by atoms with Gasteiger partial charge >= 0.3 is 12.0 Å². The third kappa shape index (κ3) is 2.93. The highest BCUT2D eigenvalue weighted by molar-refractivity contribution is 5.28. The van der Waals surface area contributed by atoms with Crippen LogP contribution in [0.3, 0.4) is 0 Å². The van der Waals surface area contributed by atoms with Crippen LogP contribution in [0.15, 0.2) is 22.6 Å². The molecule has 17 heavy (non-hydrogen) atoms. The van der Waals surface area contributed by atoms with Crippen LogP contribution in [-0.4, -0.2) is 16.7 Å². The van der Waals surface area contributed by atoms with Crippen LogP contribution in [0.2, 0.25) is 0 Å². The van der Waals surface area contributed by atoms with Crippen LogP contribution in [0.5, 0.6) is 0 Å². The van der Waals surface area contributed by atoms with E-state index < -0.39 is 0 Å². The average molecular weight is 236 g/mol. The SMILES string of the molecule is Cc1cc(F)ccc1CCNc1nnc(N)o1. The fourth-order valence-corrected chi connectivity index (χ4v) is 1.55. The van der Waals surface area contributed by atoms with Crippen molar-refractivity contribution in [2.24, 2.45) is 0 Å². The summed E-state index contributed by atoms with van der Waals surface area (Å²) in [7, 11) is 0. The molecule has 2 aromatic rings. The summed E-state index contributed by atoms with van der Waals surface area (Å²) in [6.07, 6.45) is 0.744. The zero-order chi connectivity index (χ0) is 12.3. The van der Waals surface area contributed by atoms with E-state index in [9.17, 15) is 4.39 Å².